The maximum atomic E-state index is 9.94. The smallest absolute Gasteiger partial charge is 0.303 e. The molecule has 0 aliphatic carbocycles. The molecule has 0 radical (unpaired) electrons. The summed E-state index contributed by atoms with van der Waals surface area (Å²) in [4.78, 5) is 9.94. The Morgan fingerprint density at radius 2 is 2.33 bits per heavy atom. The minimum atomic E-state index is -0.803. The van der Waals surface area contributed by atoms with Gasteiger partial charge >= 0.3 is 5.97 Å². The Labute approximate surface area is 64.6 Å². The lowest BCUT2D eigenvalue weighted by Gasteiger charge is -2.00. The first-order chi connectivity index (χ1) is 4.16. The maximum absolute atomic E-state index is 9.94. The second-order valence-corrected chi connectivity index (χ2v) is 2.69. The van der Waals surface area contributed by atoms with Crippen molar-refractivity contribution in [2.75, 3.05) is 5.75 Å². The second-order valence-electron chi connectivity index (χ2n) is 1.71. The molecule has 0 aromatic heterocycles. The fourth-order valence-corrected chi connectivity index (χ4v) is 0.663. The molecule has 0 aromatic rings. The van der Waals surface area contributed by atoms with Crippen LogP contribution in [0.5, 0.6) is 0 Å². The summed E-state index contributed by atoms with van der Waals surface area (Å²) in [6, 6.07) is 0. The molecule has 0 bridgehead atoms. The standard InChI is InChI=1S/C5H9ClO2S/c6-4(3-9)1-2-5(7)8/h4,9H,1-3H2,(H,7,8). The molecule has 1 N–H and O–H groups in total. The summed E-state index contributed by atoms with van der Waals surface area (Å²) >= 11 is 9.46. The van der Waals surface area contributed by atoms with Crippen LogP contribution in [-0.4, -0.2) is 22.2 Å². The zero-order valence-electron chi connectivity index (χ0n) is 4.88. The summed E-state index contributed by atoms with van der Waals surface area (Å²) in [5.41, 5.74) is 0. The molecule has 0 saturated carbocycles. The minimum absolute atomic E-state index is 0.107. The van der Waals surface area contributed by atoms with Crippen molar-refractivity contribution < 1.29 is 9.90 Å². The van der Waals surface area contributed by atoms with E-state index in [1.54, 1.807) is 0 Å². The lowest BCUT2D eigenvalue weighted by atomic mass is 10.2. The molecule has 2 nitrogen and oxygen atoms in total. The first-order valence-electron chi connectivity index (χ1n) is 2.63. The van der Waals surface area contributed by atoms with Crippen LogP contribution < -0.4 is 0 Å². The number of hydrogen-bond donors (Lipinski definition) is 2. The zero-order chi connectivity index (χ0) is 7.28. The van der Waals surface area contributed by atoms with E-state index >= 15 is 0 Å². The van der Waals surface area contributed by atoms with Crippen LogP contribution in [0.2, 0.25) is 0 Å². The summed E-state index contributed by atoms with van der Waals surface area (Å²) in [5, 5.41) is 8.07. The molecule has 4 heteroatoms. The van der Waals surface area contributed by atoms with E-state index in [0.717, 1.165) is 0 Å². The molecule has 0 amide bonds. The Morgan fingerprint density at radius 1 is 1.78 bits per heavy atom. The summed E-state index contributed by atoms with van der Waals surface area (Å²) in [6.45, 7) is 0. The highest BCUT2D eigenvalue weighted by molar-refractivity contribution is 7.80. The van der Waals surface area contributed by atoms with Gasteiger partial charge in [0.2, 0.25) is 0 Å². The summed E-state index contributed by atoms with van der Waals surface area (Å²) < 4.78 is 0. The summed E-state index contributed by atoms with van der Waals surface area (Å²) in [5.74, 6) is -0.267. The third kappa shape index (κ3) is 5.99. The van der Waals surface area contributed by atoms with Crippen molar-refractivity contribution in [3.05, 3.63) is 0 Å². The topological polar surface area (TPSA) is 37.3 Å². The number of alkyl halides is 1. The van der Waals surface area contributed by atoms with Crippen molar-refractivity contribution in [3.63, 3.8) is 0 Å². The third-order valence-corrected chi connectivity index (χ3v) is 1.90. The van der Waals surface area contributed by atoms with E-state index in [1.807, 2.05) is 0 Å². The molecule has 0 fully saturated rings. The van der Waals surface area contributed by atoms with E-state index in [-0.39, 0.29) is 11.8 Å². The average Bonchev–Trinajstić information content (AvgIpc) is 1.83. The molecule has 9 heavy (non-hydrogen) atoms. The second kappa shape index (κ2) is 4.94. The van der Waals surface area contributed by atoms with E-state index in [1.165, 1.54) is 0 Å². The van der Waals surface area contributed by atoms with Gasteiger partial charge in [-0.25, -0.2) is 0 Å². The summed E-state index contributed by atoms with van der Waals surface area (Å²) in [6.07, 6.45) is 0.634. The van der Waals surface area contributed by atoms with Gasteiger partial charge in [0, 0.05) is 17.6 Å². The SMILES string of the molecule is O=C(O)CCC(Cl)CS. The Bertz CT molecular complexity index is 97.0. The lowest BCUT2D eigenvalue weighted by molar-refractivity contribution is -0.137. The van der Waals surface area contributed by atoms with Crippen LogP contribution in [0.4, 0.5) is 0 Å². The first kappa shape index (κ1) is 9.11. The predicted molar refractivity (Wildman–Crippen MR) is 40.4 cm³/mol. The molecule has 1 unspecified atom stereocenters. The van der Waals surface area contributed by atoms with E-state index in [0.29, 0.717) is 12.2 Å². The Kier molecular flexibility index (Phi) is 5.00. The average molecular weight is 169 g/mol. The Hall–Kier alpha value is 0.110. The third-order valence-electron chi connectivity index (χ3n) is 0.870. The van der Waals surface area contributed by atoms with Crippen molar-refractivity contribution >= 4 is 30.2 Å². The van der Waals surface area contributed by atoms with E-state index in [9.17, 15) is 4.79 Å². The van der Waals surface area contributed by atoms with Crippen LogP contribution in [0.25, 0.3) is 0 Å². The van der Waals surface area contributed by atoms with E-state index in [2.05, 4.69) is 12.6 Å². The highest BCUT2D eigenvalue weighted by Crippen LogP contribution is 2.06. The van der Waals surface area contributed by atoms with E-state index < -0.39 is 5.97 Å². The van der Waals surface area contributed by atoms with Crippen LogP contribution in [0.15, 0.2) is 0 Å². The monoisotopic (exact) mass is 168 g/mol. The molecular weight excluding hydrogens is 160 g/mol. The minimum Gasteiger partial charge on any atom is -0.481 e. The quantitative estimate of drug-likeness (QED) is 0.492. The van der Waals surface area contributed by atoms with Crippen molar-refractivity contribution in [3.8, 4) is 0 Å². The number of hydrogen-bond acceptors (Lipinski definition) is 2. The predicted octanol–water partition coefficient (Wildman–Crippen LogP) is 1.39. The molecule has 0 saturated heterocycles. The first-order valence-corrected chi connectivity index (χ1v) is 3.70. The van der Waals surface area contributed by atoms with Gasteiger partial charge in [-0.1, -0.05) is 0 Å². The van der Waals surface area contributed by atoms with Gasteiger partial charge in [0.15, 0.2) is 0 Å². The van der Waals surface area contributed by atoms with Crippen LogP contribution in [0.1, 0.15) is 12.8 Å². The number of carboxylic acid groups (broad SMARTS) is 1. The van der Waals surface area contributed by atoms with Crippen molar-refractivity contribution in [1.82, 2.24) is 0 Å². The zero-order valence-corrected chi connectivity index (χ0v) is 6.53. The highest BCUT2D eigenvalue weighted by atomic mass is 35.5. The molecule has 54 valence electrons. The van der Waals surface area contributed by atoms with Crippen LogP contribution in [0, 0.1) is 0 Å². The van der Waals surface area contributed by atoms with Gasteiger partial charge in [0.05, 0.1) is 0 Å². The molecule has 1 atom stereocenters. The van der Waals surface area contributed by atoms with Crippen LogP contribution in [0.3, 0.4) is 0 Å². The number of rotatable bonds is 4. The van der Waals surface area contributed by atoms with Crippen molar-refractivity contribution in [2.24, 2.45) is 0 Å². The van der Waals surface area contributed by atoms with Crippen molar-refractivity contribution in [1.29, 1.82) is 0 Å². The van der Waals surface area contributed by atoms with Gasteiger partial charge in [-0.05, 0) is 6.42 Å². The number of aliphatic carboxylic acids is 1. The lowest BCUT2D eigenvalue weighted by Crippen LogP contribution is -2.04. The Morgan fingerprint density at radius 3 is 2.67 bits per heavy atom. The van der Waals surface area contributed by atoms with Gasteiger partial charge in [-0.2, -0.15) is 12.6 Å². The van der Waals surface area contributed by atoms with Gasteiger partial charge in [-0.15, -0.1) is 11.6 Å². The van der Waals surface area contributed by atoms with Gasteiger partial charge in [0.1, 0.15) is 0 Å². The number of carboxylic acids is 1. The molecule has 0 aliphatic heterocycles. The Balaban J connectivity index is 3.16. The van der Waals surface area contributed by atoms with Crippen LogP contribution in [-0.2, 0) is 4.79 Å². The largest absolute Gasteiger partial charge is 0.481 e. The van der Waals surface area contributed by atoms with Gasteiger partial charge < -0.3 is 5.11 Å². The fraction of sp³-hybridized carbons (Fsp3) is 0.800. The number of halogens is 1. The fourth-order valence-electron chi connectivity index (χ4n) is 0.371. The van der Waals surface area contributed by atoms with Crippen LogP contribution >= 0.6 is 24.2 Å². The molecule has 0 aliphatic rings. The summed E-state index contributed by atoms with van der Waals surface area (Å²) in [7, 11) is 0. The molecule has 0 rings (SSSR count). The maximum Gasteiger partial charge on any atom is 0.303 e. The van der Waals surface area contributed by atoms with E-state index in [4.69, 9.17) is 16.7 Å². The molecule has 0 spiro atoms. The van der Waals surface area contributed by atoms with Gasteiger partial charge in [-0.3, -0.25) is 4.79 Å². The molecule has 0 aromatic carbocycles. The van der Waals surface area contributed by atoms with Gasteiger partial charge in [0.25, 0.3) is 0 Å². The normalized spacial score (nSPS) is 13.1. The highest BCUT2D eigenvalue weighted by Gasteiger charge is 2.03. The number of carbonyl (C=O) groups is 1. The molecular formula is C5H9ClO2S. The molecule has 0 heterocycles. The van der Waals surface area contributed by atoms with Crippen molar-refractivity contribution in [2.45, 2.75) is 18.2 Å². The number of thiol groups is 1.